The molecule has 0 bridgehead atoms. The highest BCUT2D eigenvalue weighted by Gasteiger charge is 2.48. The molecule has 13 aromatic carbocycles. The number of benzene rings is 13. The number of fused-ring (bicyclic) bond motifs is 6. The highest BCUT2D eigenvalue weighted by atomic mass is 19.1. The van der Waals surface area contributed by atoms with Crippen molar-refractivity contribution in [2.24, 2.45) is 0 Å². The lowest BCUT2D eigenvalue weighted by molar-refractivity contribution is 0.482. The molecule has 2 unspecified atom stereocenters. The molecule has 0 radical (unpaired) electrons. The fourth-order valence-corrected chi connectivity index (χ4v) is 14.9. The Kier molecular flexibility index (Phi) is 16.2. The summed E-state index contributed by atoms with van der Waals surface area (Å²) >= 11 is 0. The highest BCUT2D eigenvalue weighted by molar-refractivity contribution is 5.92. The number of rotatable bonds is 16. The van der Waals surface area contributed by atoms with Crippen molar-refractivity contribution in [2.45, 2.75) is 63.2 Å². The molecule has 2 atom stereocenters. The molecule has 0 fully saturated rings. The zero-order chi connectivity index (χ0) is 69.2. The maximum absolute atomic E-state index is 17.1. The lowest BCUT2D eigenvalue weighted by atomic mass is 9.67. The summed E-state index contributed by atoms with van der Waals surface area (Å²) in [5.41, 5.74) is 16.8. The van der Waals surface area contributed by atoms with Crippen molar-refractivity contribution in [3.05, 3.63) is 394 Å². The van der Waals surface area contributed by atoms with Gasteiger partial charge in [-0.3, -0.25) is 0 Å². The lowest BCUT2D eigenvalue weighted by Crippen LogP contribution is -2.29. The minimum absolute atomic E-state index is 0.0978. The molecular formula is C92H72F4N2O2. The van der Waals surface area contributed by atoms with Gasteiger partial charge in [0.2, 0.25) is 0 Å². The van der Waals surface area contributed by atoms with Crippen molar-refractivity contribution in [1.29, 1.82) is 0 Å². The van der Waals surface area contributed by atoms with Crippen LogP contribution in [0, 0.1) is 23.3 Å². The summed E-state index contributed by atoms with van der Waals surface area (Å²) < 4.78 is 77.5. The Labute approximate surface area is 582 Å². The first-order chi connectivity index (χ1) is 48.3. The van der Waals surface area contributed by atoms with Crippen LogP contribution < -0.4 is 19.3 Å². The number of anilines is 6. The monoisotopic (exact) mass is 1310 g/mol. The van der Waals surface area contributed by atoms with E-state index in [1.165, 1.54) is 35.4 Å². The summed E-state index contributed by atoms with van der Waals surface area (Å²) in [4.78, 5) is 3.60. The van der Waals surface area contributed by atoms with Gasteiger partial charge in [0.05, 0.1) is 22.2 Å². The average molecular weight is 1310 g/mol. The summed E-state index contributed by atoms with van der Waals surface area (Å²) in [5.74, 6) is -0.310. The van der Waals surface area contributed by atoms with Crippen LogP contribution in [0.4, 0.5) is 51.7 Å². The molecule has 8 heteroatoms. The second kappa shape index (κ2) is 25.3. The molecule has 2 aliphatic rings. The average Bonchev–Trinajstić information content (AvgIpc) is 1.55. The summed E-state index contributed by atoms with van der Waals surface area (Å²) in [6.45, 7) is 21.0. The molecule has 2 aliphatic carbocycles. The van der Waals surface area contributed by atoms with Crippen molar-refractivity contribution < 1.29 is 27.0 Å². The number of hydrogen-bond acceptors (Lipinski definition) is 4. The van der Waals surface area contributed by atoms with Gasteiger partial charge in [0.15, 0.2) is 0 Å². The van der Waals surface area contributed by atoms with Crippen molar-refractivity contribution in [3.8, 4) is 45.3 Å². The normalized spacial score (nSPS) is 15.1. The van der Waals surface area contributed by atoms with E-state index in [0.717, 1.165) is 90.0 Å². The van der Waals surface area contributed by atoms with E-state index in [0.29, 0.717) is 45.7 Å². The molecule has 15 rings (SSSR count). The van der Waals surface area contributed by atoms with Crippen LogP contribution in [-0.4, -0.2) is 0 Å². The van der Waals surface area contributed by atoms with Gasteiger partial charge in [0, 0.05) is 34.9 Å². The van der Waals surface area contributed by atoms with Crippen LogP contribution in [0.15, 0.2) is 304 Å². The van der Waals surface area contributed by atoms with Crippen molar-refractivity contribution in [3.63, 3.8) is 0 Å². The second-order valence-corrected chi connectivity index (χ2v) is 27.9. The van der Waals surface area contributed by atoms with Crippen LogP contribution in [0.3, 0.4) is 0 Å². The second-order valence-electron chi connectivity index (χ2n) is 27.9. The predicted molar refractivity (Wildman–Crippen MR) is 401 cm³/mol. The molecule has 490 valence electrons. The number of hydrogen-bond donors (Lipinski definition) is 0. The zero-order valence-corrected chi connectivity index (χ0v) is 56.5. The minimum atomic E-state index is -0.916. The van der Waals surface area contributed by atoms with E-state index in [4.69, 9.17) is 9.47 Å². The maximum Gasteiger partial charge on any atom is 0.150 e. The van der Waals surface area contributed by atoms with E-state index < -0.39 is 34.1 Å². The molecule has 0 saturated heterocycles. The fourth-order valence-electron chi connectivity index (χ4n) is 14.9. The molecule has 0 aromatic heterocycles. The van der Waals surface area contributed by atoms with Crippen LogP contribution in [0.1, 0.15) is 108 Å². The van der Waals surface area contributed by atoms with Gasteiger partial charge in [-0.2, -0.15) is 0 Å². The first kappa shape index (κ1) is 64.3. The first-order valence-corrected chi connectivity index (χ1v) is 33.7. The Hall–Kier alpha value is -11.7. The summed E-state index contributed by atoms with van der Waals surface area (Å²) in [6, 6.07) is 93.8. The third-order valence-corrected chi connectivity index (χ3v) is 19.9. The van der Waals surface area contributed by atoms with E-state index in [1.54, 1.807) is 22.0 Å². The Balaban J connectivity index is 0.885. The minimum Gasteiger partial charge on any atom is -0.457 e. The Bertz CT molecular complexity index is 4940. The van der Waals surface area contributed by atoms with Gasteiger partial charge < -0.3 is 19.3 Å². The van der Waals surface area contributed by atoms with E-state index in [-0.39, 0.29) is 22.2 Å². The standard InChI is InChI=1S/C92H72F4N2O2/c1-9-59-19-43-73(44-20-59)99-75-47-31-65(32-48-75)91(63-27-23-61(24-28-63)89(3,4)5)81-17-13-11-15-77(81)79-51-41-71(57-83(79)91)97(87-53-35-67(93)55-85(87)95)69-37-39-70(40-38-69)98(88-54-36-68(94)56-86(88)96)72-42-52-80-78-16-12-14-18-82(78)92(84(80)58-72,64-29-25-62(26-30-64)90(6,7)8)66-33-49-76(50-34-66)100-74-45-21-60(10-2)22-46-74/h9-58H,1-2H2,3-8H3. The van der Waals surface area contributed by atoms with Crippen molar-refractivity contribution >= 4 is 46.3 Å². The van der Waals surface area contributed by atoms with Crippen molar-refractivity contribution in [1.82, 2.24) is 0 Å². The SMILES string of the molecule is C=Cc1ccc(Oc2ccc(C3(c4ccc(C(C)(C)C)cc4)c4ccccc4-c4ccc(N(c5ccc(N(c6ccc7c(c6)C(c6ccc(Oc8ccc(C=C)cc8)cc6)(c6ccc(C(C)(C)C)cc6)c6ccccc6-7)c6ccc(F)cc6F)cc5)c5ccc(F)cc5F)cc43)cc2)cc1. The molecule has 0 spiro atoms. The van der Waals surface area contributed by atoms with Gasteiger partial charge in [0.1, 0.15) is 46.3 Å². The summed E-state index contributed by atoms with van der Waals surface area (Å²) in [6.07, 6.45) is 3.59. The van der Waals surface area contributed by atoms with Crippen LogP contribution in [0.25, 0.3) is 34.4 Å². The van der Waals surface area contributed by atoms with E-state index in [1.807, 2.05) is 109 Å². The number of nitrogens with zero attached hydrogens (tertiary/aromatic N) is 2. The molecule has 0 N–H and O–H groups in total. The van der Waals surface area contributed by atoms with Crippen molar-refractivity contribution in [2.75, 3.05) is 9.80 Å². The zero-order valence-electron chi connectivity index (χ0n) is 56.5. The fraction of sp³-hybridized carbons (Fsp3) is 0.109. The molecular weight excluding hydrogens is 1240 g/mol. The van der Waals surface area contributed by atoms with Gasteiger partial charge in [-0.25, -0.2) is 17.6 Å². The number of ether oxygens (including phenoxy) is 2. The lowest BCUT2D eigenvalue weighted by Gasteiger charge is -2.36. The van der Waals surface area contributed by atoms with Crippen LogP contribution in [0.2, 0.25) is 0 Å². The van der Waals surface area contributed by atoms with Gasteiger partial charge in [0.25, 0.3) is 0 Å². The van der Waals surface area contributed by atoms with Crippen LogP contribution in [-0.2, 0) is 21.7 Å². The quantitative estimate of drug-likeness (QED) is 0.0900. The largest absolute Gasteiger partial charge is 0.457 e. The van der Waals surface area contributed by atoms with Gasteiger partial charge in [-0.05, 0) is 221 Å². The Morgan fingerprint density at radius 2 is 0.610 bits per heavy atom. The van der Waals surface area contributed by atoms with E-state index in [2.05, 4.69) is 200 Å². The molecule has 0 aliphatic heterocycles. The summed E-state index contributed by atoms with van der Waals surface area (Å²) in [7, 11) is 0. The Morgan fingerprint density at radius 3 is 0.930 bits per heavy atom. The molecule has 13 aromatic rings. The van der Waals surface area contributed by atoms with Crippen LogP contribution in [0.5, 0.6) is 23.0 Å². The van der Waals surface area contributed by atoms with E-state index in [9.17, 15) is 0 Å². The smallest absolute Gasteiger partial charge is 0.150 e. The number of halogens is 4. The molecule has 4 nitrogen and oxygen atoms in total. The van der Waals surface area contributed by atoms with Gasteiger partial charge in [-0.1, -0.05) is 225 Å². The third-order valence-electron chi connectivity index (χ3n) is 19.9. The molecule has 100 heavy (non-hydrogen) atoms. The maximum atomic E-state index is 17.1. The van der Waals surface area contributed by atoms with Gasteiger partial charge >= 0.3 is 0 Å². The van der Waals surface area contributed by atoms with E-state index >= 15 is 17.6 Å². The summed E-state index contributed by atoms with van der Waals surface area (Å²) in [5, 5.41) is 0. The van der Waals surface area contributed by atoms with Gasteiger partial charge in [-0.15, -0.1) is 0 Å². The molecule has 0 heterocycles. The molecule has 0 amide bonds. The topological polar surface area (TPSA) is 24.9 Å². The third kappa shape index (κ3) is 11.2. The molecule has 0 saturated carbocycles. The van der Waals surface area contributed by atoms with Crippen LogP contribution >= 0.6 is 0 Å². The highest BCUT2D eigenvalue weighted by Crippen LogP contribution is 2.60. The Morgan fingerprint density at radius 1 is 0.310 bits per heavy atom. The predicted octanol–water partition coefficient (Wildman–Crippen LogP) is 25.4. The first-order valence-electron chi connectivity index (χ1n) is 33.7.